The third kappa shape index (κ3) is 2.96. The Kier molecular flexibility index (Phi) is 4.10. The van der Waals surface area contributed by atoms with E-state index in [4.69, 9.17) is 4.98 Å². The molecule has 3 aromatic rings. The number of fused-ring (bicyclic) bond motifs is 3. The first-order chi connectivity index (χ1) is 11.7. The van der Waals surface area contributed by atoms with Crippen LogP contribution in [0.25, 0.3) is 11.0 Å². The summed E-state index contributed by atoms with van der Waals surface area (Å²) in [5.74, 6) is 1.82. The number of nitrogens with one attached hydrogen (secondary N) is 1. The van der Waals surface area contributed by atoms with Gasteiger partial charge in [0.2, 0.25) is 0 Å². The lowest BCUT2D eigenvalue weighted by Crippen LogP contribution is -2.25. The molecule has 24 heavy (non-hydrogen) atoms. The Bertz CT molecular complexity index is 866. The first-order valence-corrected chi connectivity index (χ1v) is 9.38. The van der Waals surface area contributed by atoms with Gasteiger partial charge in [-0.05, 0) is 48.4 Å². The van der Waals surface area contributed by atoms with Crippen molar-refractivity contribution in [2.45, 2.75) is 32.7 Å². The van der Waals surface area contributed by atoms with E-state index in [0.717, 1.165) is 36.2 Å². The van der Waals surface area contributed by atoms with E-state index in [1.54, 1.807) is 11.3 Å². The molecule has 0 unspecified atom stereocenters. The van der Waals surface area contributed by atoms with Crippen LogP contribution in [-0.2, 0) is 19.4 Å². The molecule has 4 rings (SSSR count). The van der Waals surface area contributed by atoms with Gasteiger partial charge in [0.25, 0.3) is 5.91 Å². The smallest absolute Gasteiger partial charge is 0.251 e. The van der Waals surface area contributed by atoms with E-state index in [2.05, 4.69) is 28.3 Å². The number of aryl methyl sites for hydroxylation is 1. The van der Waals surface area contributed by atoms with Gasteiger partial charge in [-0.1, -0.05) is 13.0 Å². The maximum atomic E-state index is 12.4. The van der Waals surface area contributed by atoms with Crippen molar-refractivity contribution in [2.75, 3.05) is 6.54 Å². The first-order valence-electron chi connectivity index (χ1n) is 8.50. The summed E-state index contributed by atoms with van der Waals surface area (Å²) in [5.41, 5.74) is 2.77. The number of hydrogen-bond donors (Lipinski definition) is 1. The Hall–Kier alpha value is -2.14. The number of benzene rings is 1. The standard InChI is InChI=1S/C19H21N3OS/c1-13-7-9-22-17-5-4-14(12-16(17)21-18(22)11-13)19(23)20-8-6-15-3-2-10-24-15/h2-5,10,12-13H,6-9,11H2,1H3,(H,20,23)/t13-/m1/s1. The van der Waals surface area contributed by atoms with Gasteiger partial charge in [0.15, 0.2) is 0 Å². The van der Waals surface area contributed by atoms with Crippen LogP contribution in [0.3, 0.4) is 0 Å². The van der Waals surface area contributed by atoms with Crippen LogP contribution in [0, 0.1) is 5.92 Å². The molecule has 1 aromatic carbocycles. The van der Waals surface area contributed by atoms with Gasteiger partial charge in [-0.3, -0.25) is 4.79 Å². The number of imidazole rings is 1. The lowest BCUT2D eigenvalue weighted by Gasteiger charge is -2.19. The second kappa shape index (κ2) is 6.40. The fraction of sp³-hybridized carbons (Fsp3) is 0.368. The van der Waals surface area contributed by atoms with Crippen molar-refractivity contribution in [3.05, 3.63) is 52.0 Å². The molecule has 0 saturated heterocycles. The van der Waals surface area contributed by atoms with Crippen molar-refractivity contribution in [1.29, 1.82) is 0 Å². The number of amides is 1. The van der Waals surface area contributed by atoms with Crippen LogP contribution in [0.15, 0.2) is 35.7 Å². The molecule has 0 aliphatic carbocycles. The van der Waals surface area contributed by atoms with Crippen LogP contribution < -0.4 is 5.32 Å². The average Bonchev–Trinajstić information content (AvgIpc) is 3.20. The largest absolute Gasteiger partial charge is 0.352 e. The molecule has 124 valence electrons. The molecule has 4 nitrogen and oxygen atoms in total. The van der Waals surface area contributed by atoms with Crippen LogP contribution in [-0.4, -0.2) is 22.0 Å². The minimum absolute atomic E-state index is 0.0206. The lowest BCUT2D eigenvalue weighted by atomic mass is 10.0. The monoisotopic (exact) mass is 339 g/mol. The Labute approximate surface area is 145 Å². The Morgan fingerprint density at radius 3 is 3.17 bits per heavy atom. The van der Waals surface area contributed by atoms with Gasteiger partial charge in [0.1, 0.15) is 5.82 Å². The van der Waals surface area contributed by atoms with Crippen LogP contribution in [0.2, 0.25) is 0 Å². The molecule has 1 aliphatic rings. The zero-order valence-electron chi connectivity index (χ0n) is 13.8. The quantitative estimate of drug-likeness (QED) is 0.789. The Morgan fingerprint density at radius 2 is 2.33 bits per heavy atom. The summed E-state index contributed by atoms with van der Waals surface area (Å²) in [7, 11) is 0. The minimum atomic E-state index is -0.0206. The van der Waals surface area contributed by atoms with Crippen molar-refractivity contribution in [3.8, 4) is 0 Å². The van der Waals surface area contributed by atoms with E-state index in [1.807, 2.05) is 24.3 Å². The predicted molar refractivity (Wildman–Crippen MR) is 97.6 cm³/mol. The highest BCUT2D eigenvalue weighted by Crippen LogP contribution is 2.25. The van der Waals surface area contributed by atoms with Gasteiger partial charge >= 0.3 is 0 Å². The predicted octanol–water partition coefficient (Wildman–Crippen LogP) is 3.65. The van der Waals surface area contributed by atoms with E-state index in [9.17, 15) is 4.79 Å². The van der Waals surface area contributed by atoms with Gasteiger partial charge in [0, 0.05) is 30.0 Å². The van der Waals surface area contributed by atoms with Crippen molar-refractivity contribution >= 4 is 28.3 Å². The number of aromatic nitrogens is 2. The maximum Gasteiger partial charge on any atom is 0.251 e. The molecule has 1 N–H and O–H groups in total. The summed E-state index contributed by atoms with van der Waals surface area (Å²) in [5, 5.41) is 5.07. The number of carbonyl (C=O) groups excluding carboxylic acids is 1. The lowest BCUT2D eigenvalue weighted by molar-refractivity contribution is 0.0954. The molecule has 5 heteroatoms. The van der Waals surface area contributed by atoms with Gasteiger partial charge < -0.3 is 9.88 Å². The Morgan fingerprint density at radius 1 is 1.42 bits per heavy atom. The molecule has 1 aliphatic heterocycles. The summed E-state index contributed by atoms with van der Waals surface area (Å²) in [6.07, 6.45) is 3.10. The molecule has 1 amide bonds. The van der Waals surface area contributed by atoms with Crippen molar-refractivity contribution in [3.63, 3.8) is 0 Å². The molecule has 0 saturated carbocycles. The van der Waals surface area contributed by atoms with Crippen molar-refractivity contribution in [1.82, 2.24) is 14.9 Å². The molecule has 3 heterocycles. The average molecular weight is 339 g/mol. The fourth-order valence-corrected chi connectivity index (χ4v) is 4.05. The van der Waals surface area contributed by atoms with Crippen molar-refractivity contribution in [2.24, 2.45) is 5.92 Å². The molecule has 0 fully saturated rings. The summed E-state index contributed by atoms with van der Waals surface area (Å²) in [6, 6.07) is 10.0. The number of carbonyl (C=O) groups is 1. The van der Waals surface area contributed by atoms with E-state index >= 15 is 0 Å². The third-order valence-corrected chi connectivity index (χ3v) is 5.64. The summed E-state index contributed by atoms with van der Waals surface area (Å²) < 4.78 is 2.30. The zero-order chi connectivity index (χ0) is 16.5. The minimum Gasteiger partial charge on any atom is -0.352 e. The number of rotatable bonds is 4. The maximum absolute atomic E-state index is 12.4. The zero-order valence-corrected chi connectivity index (χ0v) is 14.6. The number of thiophene rings is 1. The summed E-state index contributed by atoms with van der Waals surface area (Å²) in [6.45, 7) is 3.96. The second-order valence-corrected chi connectivity index (χ2v) is 7.60. The van der Waals surface area contributed by atoms with Gasteiger partial charge in [-0.2, -0.15) is 0 Å². The fourth-order valence-electron chi connectivity index (χ4n) is 3.35. The summed E-state index contributed by atoms with van der Waals surface area (Å²) >= 11 is 1.72. The van der Waals surface area contributed by atoms with E-state index < -0.39 is 0 Å². The third-order valence-electron chi connectivity index (χ3n) is 4.70. The van der Waals surface area contributed by atoms with E-state index in [-0.39, 0.29) is 5.91 Å². The van der Waals surface area contributed by atoms with Crippen molar-refractivity contribution < 1.29 is 4.79 Å². The highest BCUT2D eigenvalue weighted by molar-refractivity contribution is 7.09. The normalized spacial score (nSPS) is 17.0. The molecular weight excluding hydrogens is 318 g/mol. The van der Waals surface area contributed by atoms with Gasteiger partial charge in [-0.25, -0.2) is 4.98 Å². The number of hydrogen-bond acceptors (Lipinski definition) is 3. The highest BCUT2D eigenvalue weighted by Gasteiger charge is 2.19. The highest BCUT2D eigenvalue weighted by atomic mass is 32.1. The molecule has 2 aromatic heterocycles. The molecule has 0 spiro atoms. The van der Waals surface area contributed by atoms with Crippen LogP contribution in [0.5, 0.6) is 0 Å². The van der Waals surface area contributed by atoms with E-state index in [1.165, 1.54) is 11.3 Å². The summed E-state index contributed by atoms with van der Waals surface area (Å²) in [4.78, 5) is 18.4. The Balaban J connectivity index is 1.49. The van der Waals surface area contributed by atoms with Crippen LogP contribution in [0.1, 0.15) is 34.4 Å². The van der Waals surface area contributed by atoms with Crippen LogP contribution in [0.4, 0.5) is 0 Å². The van der Waals surface area contributed by atoms with Gasteiger partial charge in [0.05, 0.1) is 11.0 Å². The first kappa shape index (κ1) is 15.4. The molecule has 0 bridgehead atoms. The van der Waals surface area contributed by atoms with Gasteiger partial charge in [-0.15, -0.1) is 11.3 Å². The number of nitrogens with zero attached hydrogens (tertiary/aromatic N) is 2. The molecule has 1 atom stereocenters. The molecule has 0 radical (unpaired) electrons. The second-order valence-electron chi connectivity index (χ2n) is 6.57. The van der Waals surface area contributed by atoms with E-state index in [0.29, 0.717) is 18.0 Å². The van der Waals surface area contributed by atoms with Crippen LogP contribution >= 0.6 is 11.3 Å². The topological polar surface area (TPSA) is 46.9 Å². The molecular formula is C19H21N3OS. The SMILES string of the molecule is C[C@@H]1CCn2c(nc3cc(C(=O)NCCc4cccs4)ccc32)C1.